The molecule has 0 bridgehead atoms. The highest BCUT2D eigenvalue weighted by atomic mass is 16.4. The lowest BCUT2D eigenvalue weighted by atomic mass is 9.76. The number of anilines is 1. The number of allylic oxidation sites excluding steroid dienone is 2. The van der Waals surface area contributed by atoms with E-state index in [1.165, 1.54) is 5.56 Å². The minimum Gasteiger partial charge on any atom is -0.478 e. The van der Waals surface area contributed by atoms with Crippen LogP contribution in [0.1, 0.15) is 57.9 Å². The lowest BCUT2D eigenvalue weighted by Gasteiger charge is -2.33. The highest BCUT2D eigenvalue weighted by molar-refractivity contribution is 6.01. The lowest BCUT2D eigenvalue weighted by Crippen LogP contribution is -2.27. The van der Waals surface area contributed by atoms with Crippen molar-refractivity contribution in [1.29, 1.82) is 0 Å². The second-order valence-corrected chi connectivity index (χ2v) is 8.25. The quantitative estimate of drug-likeness (QED) is 0.647. The molecule has 0 amide bonds. The highest BCUT2D eigenvalue weighted by Gasteiger charge is 2.38. The van der Waals surface area contributed by atoms with Gasteiger partial charge in [0.2, 0.25) is 0 Å². The van der Waals surface area contributed by atoms with Gasteiger partial charge in [0.15, 0.2) is 5.78 Å². The van der Waals surface area contributed by atoms with Gasteiger partial charge in [0.1, 0.15) is 5.82 Å². The number of aromatic nitrogens is 2. The fourth-order valence-electron chi connectivity index (χ4n) is 4.65. The molecule has 2 aliphatic rings. The van der Waals surface area contributed by atoms with Crippen LogP contribution in [0.5, 0.6) is 0 Å². The molecule has 2 aromatic carbocycles. The number of carbonyl (C=O) groups is 2. The first kappa shape index (κ1) is 19.3. The molecule has 6 heteroatoms. The van der Waals surface area contributed by atoms with Gasteiger partial charge >= 0.3 is 5.97 Å². The average Bonchev–Trinajstić information content (AvgIpc) is 3.09. The van der Waals surface area contributed by atoms with Crippen LogP contribution in [0.3, 0.4) is 0 Å². The van der Waals surface area contributed by atoms with E-state index in [4.69, 9.17) is 5.10 Å². The number of nitrogens with one attached hydrogen (secondary N) is 1. The minimum absolute atomic E-state index is 0.147. The Hall–Kier alpha value is -3.67. The molecule has 31 heavy (non-hydrogen) atoms. The molecule has 0 saturated carbocycles. The molecule has 2 heterocycles. The average molecular weight is 413 g/mol. The zero-order valence-electron chi connectivity index (χ0n) is 17.5. The van der Waals surface area contributed by atoms with Crippen molar-refractivity contribution in [3.63, 3.8) is 0 Å². The minimum atomic E-state index is -0.963. The van der Waals surface area contributed by atoms with E-state index in [9.17, 15) is 14.7 Å². The van der Waals surface area contributed by atoms with Crippen LogP contribution in [-0.2, 0) is 4.79 Å². The highest BCUT2D eigenvalue weighted by Crippen LogP contribution is 2.47. The molecule has 2 N–H and O–H groups in total. The van der Waals surface area contributed by atoms with Crippen molar-refractivity contribution in [2.45, 2.75) is 39.0 Å². The third-order valence-corrected chi connectivity index (χ3v) is 6.18. The largest absolute Gasteiger partial charge is 0.478 e. The first-order chi connectivity index (χ1) is 14.9. The van der Waals surface area contributed by atoms with Crippen LogP contribution in [0.2, 0.25) is 0 Å². The van der Waals surface area contributed by atoms with E-state index in [0.717, 1.165) is 52.4 Å². The van der Waals surface area contributed by atoms with Crippen molar-refractivity contribution < 1.29 is 14.7 Å². The Morgan fingerprint density at radius 3 is 2.45 bits per heavy atom. The molecular formula is C25H23N3O3. The third kappa shape index (κ3) is 3.15. The maximum absolute atomic E-state index is 13.0. The Morgan fingerprint density at radius 2 is 1.77 bits per heavy atom. The van der Waals surface area contributed by atoms with E-state index in [-0.39, 0.29) is 17.3 Å². The molecule has 1 unspecified atom stereocenters. The van der Waals surface area contributed by atoms with E-state index in [0.29, 0.717) is 6.42 Å². The van der Waals surface area contributed by atoms with Gasteiger partial charge in [-0.3, -0.25) is 4.79 Å². The normalized spacial score (nSPS) is 17.7. The molecular weight excluding hydrogens is 390 g/mol. The van der Waals surface area contributed by atoms with Gasteiger partial charge in [-0.1, -0.05) is 29.8 Å². The monoisotopic (exact) mass is 413 g/mol. The number of Topliss-reactive ketones (excluding diaryl/α,β-unsaturated/α-hetero) is 1. The fraction of sp³-hybridized carbons (Fsp3) is 0.240. The number of ketones is 1. The Kier molecular flexibility index (Phi) is 4.50. The Bertz CT molecular complexity index is 1230. The zero-order valence-corrected chi connectivity index (χ0v) is 17.5. The Labute approximate surface area is 180 Å². The number of benzene rings is 2. The topological polar surface area (TPSA) is 84.2 Å². The summed E-state index contributed by atoms with van der Waals surface area (Å²) >= 11 is 0. The number of carbonyl (C=O) groups excluding carboxylic acids is 1. The summed E-state index contributed by atoms with van der Waals surface area (Å²) in [6.45, 7) is 4.01. The molecule has 0 saturated heterocycles. The zero-order chi connectivity index (χ0) is 21.7. The lowest BCUT2D eigenvalue weighted by molar-refractivity contribution is -0.116. The SMILES string of the molecule is Cc1ccc(-n2nc(C)c3c2NC2=C(C(=O)CCC2)C3c2ccc(C(=O)O)cc2)cc1. The third-order valence-electron chi connectivity index (χ3n) is 6.18. The van der Waals surface area contributed by atoms with Gasteiger partial charge < -0.3 is 10.4 Å². The number of nitrogens with zero attached hydrogens (tertiary/aromatic N) is 2. The Balaban J connectivity index is 1.71. The second kappa shape index (κ2) is 7.23. The number of hydrogen-bond acceptors (Lipinski definition) is 4. The van der Waals surface area contributed by atoms with Gasteiger partial charge in [-0.05, 0) is 56.5 Å². The van der Waals surface area contributed by atoms with Crippen LogP contribution in [0.15, 0.2) is 59.8 Å². The van der Waals surface area contributed by atoms with Crippen molar-refractivity contribution in [3.05, 3.63) is 87.7 Å². The standard InChI is InChI=1S/C25H23N3O3/c1-14-6-12-18(13-7-14)28-24-21(15(2)27-28)22(16-8-10-17(11-9-16)25(30)31)23-19(26-24)4-3-5-20(23)29/h6-13,22,26H,3-5H2,1-2H3,(H,30,31). The molecule has 1 atom stereocenters. The van der Waals surface area contributed by atoms with E-state index in [1.54, 1.807) is 12.1 Å². The first-order valence-electron chi connectivity index (χ1n) is 10.5. The van der Waals surface area contributed by atoms with Crippen molar-refractivity contribution in [2.24, 2.45) is 0 Å². The van der Waals surface area contributed by atoms with Gasteiger partial charge in [0.25, 0.3) is 0 Å². The summed E-state index contributed by atoms with van der Waals surface area (Å²) in [7, 11) is 0. The van der Waals surface area contributed by atoms with Gasteiger partial charge in [0, 0.05) is 29.2 Å². The molecule has 5 rings (SSSR count). The summed E-state index contributed by atoms with van der Waals surface area (Å²) in [6.07, 6.45) is 2.16. The molecule has 1 aromatic heterocycles. The van der Waals surface area contributed by atoms with Crippen LogP contribution < -0.4 is 5.32 Å². The number of carboxylic acids is 1. The molecule has 0 spiro atoms. The molecule has 1 aliphatic heterocycles. The van der Waals surface area contributed by atoms with E-state index in [2.05, 4.69) is 17.4 Å². The predicted molar refractivity (Wildman–Crippen MR) is 118 cm³/mol. The summed E-state index contributed by atoms with van der Waals surface area (Å²) in [6, 6.07) is 15.0. The van der Waals surface area contributed by atoms with Gasteiger partial charge in [-0.25, -0.2) is 9.48 Å². The molecule has 0 fully saturated rings. The van der Waals surface area contributed by atoms with Gasteiger partial charge in [0.05, 0.1) is 16.9 Å². The maximum Gasteiger partial charge on any atom is 0.335 e. The maximum atomic E-state index is 13.0. The summed E-state index contributed by atoms with van der Waals surface area (Å²) < 4.78 is 1.91. The van der Waals surface area contributed by atoms with Crippen molar-refractivity contribution in [3.8, 4) is 5.69 Å². The molecule has 0 radical (unpaired) electrons. The smallest absolute Gasteiger partial charge is 0.335 e. The molecule has 1 aliphatic carbocycles. The second-order valence-electron chi connectivity index (χ2n) is 8.25. The van der Waals surface area contributed by atoms with Gasteiger partial charge in [-0.15, -0.1) is 0 Å². The number of carboxylic acid groups (broad SMARTS) is 1. The Morgan fingerprint density at radius 1 is 1.06 bits per heavy atom. The van der Waals surface area contributed by atoms with E-state index in [1.807, 2.05) is 42.8 Å². The van der Waals surface area contributed by atoms with Crippen LogP contribution in [-0.4, -0.2) is 26.6 Å². The van der Waals surface area contributed by atoms with E-state index < -0.39 is 5.97 Å². The number of fused-ring (bicyclic) bond motifs is 1. The van der Waals surface area contributed by atoms with Crippen LogP contribution >= 0.6 is 0 Å². The summed E-state index contributed by atoms with van der Waals surface area (Å²) in [5.74, 6) is -0.202. The van der Waals surface area contributed by atoms with E-state index >= 15 is 0 Å². The summed E-state index contributed by atoms with van der Waals surface area (Å²) in [5, 5.41) is 17.6. The van der Waals surface area contributed by atoms with Crippen LogP contribution in [0, 0.1) is 13.8 Å². The van der Waals surface area contributed by atoms with Gasteiger partial charge in [-0.2, -0.15) is 5.10 Å². The number of aryl methyl sites for hydroxylation is 2. The molecule has 3 aromatic rings. The number of aromatic carboxylic acids is 1. The van der Waals surface area contributed by atoms with Crippen LogP contribution in [0.4, 0.5) is 5.82 Å². The molecule has 6 nitrogen and oxygen atoms in total. The number of rotatable bonds is 3. The van der Waals surface area contributed by atoms with Crippen molar-refractivity contribution >= 4 is 17.6 Å². The number of hydrogen-bond donors (Lipinski definition) is 2. The van der Waals surface area contributed by atoms with Crippen molar-refractivity contribution in [1.82, 2.24) is 9.78 Å². The summed E-state index contributed by atoms with van der Waals surface area (Å²) in [4.78, 5) is 24.3. The van der Waals surface area contributed by atoms with Crippen molar-refractivity contribution in [2.75, 3.05) is 5.32 Å². The first-order valence-corrected chi connectivity index (χ1v) is 10.5. The molecule has 156 valence electrons. The van der Waals surface area contributed by atoms with Crippen LogP contribution in [0.25, 0.3) is 5.69 Å². The fourth-order valence-corrected chi connectivity index (χ4v) is 4.65. The summed E-state index contributed by atoms with van der Waals surface area (Å²) in [5.41, 5.74) is 6.81. The predicted octanol–water partition coefficient (Wildman–Crippen LogP) is 4.75.